The first-order chi connectivity index (χ1) is 14.4. The SMILES string of the molecule is C[C@]1(O)CC2(CCN(Cc3cc(C4CC4)on3)CC2)OC[C@@H]1NC(=O)c1ccc[nH]1. The minimum atomic E-state index is -1.02. The van der Waals surface area contributed by atoms with Crippen LogP contribution in [0.3, 0.4) is 0 Å². The maximum absolute atomic E-state index is 12.4. The van der Waals surface area contributed by atoms with Crippen molar-refractivity contribution in [1.82, 2.24) is 20.4 Å². The van der Waals surface area contributed by atoms with E-state index in [0.29, 0.717) is 24.6 Å². The lowest BCUT2D eigenvalue weighted by Gasteiger charge is -2.51. The largest absolute Gasteiger partial charge is 0.388 e. The van der Waals surface area contributed by atoms with Crippen molar-refractivity contribution < 1.29 is 19.2 Å². The zero-order valence-corrected chi connectivity index (χ0v) is 17.4. The van der Waals surface area contributed by atoms with Crippen molar-refractivity contribution >= 4 is 5.91 Å². The van der Waals surface area contributed by atoms with E-state index in [1.54, 1.807) is 25.3 Å². The van der Waals surface area contributed by atoms with E-state index < -0.39 is 11.6 Å². The number of nitrogens with zero attached hydrogens (tertiary/aromatic N) is 2. The Morgan fingerprint density at radius 1 is 1.40 bits per heavy atom. The van der Waals surface area contributed by atoms with Gasteiger partial charge >= 0.3 is 0 Å². The molecule has 3 N–H and O–H groups in total. The molecule has 4 heterocycles. The summed E-state index contributed by atoms with van der Waals surface area (Å²) in [6.07, 6.45) is 6.36. The number of likely N-dealkylation sites (tertiary alicyclic amines) is 1. The normalized spacial score (nSPS) is 29.2. The van der Waals surface area contributed by atoms with Crippen molar-refractivity contribution in [3.63, 3.8) is 0 Å². The fourth-order valence-electron chi connectivity index (χ4n) is 4.80. The number of ether oxygens (including phenoxy) is 1. The fraction of sp³-hybridized carbons (Fsp3) is 0.636. The number of carbonyl (C=O) groups is 1. The zero-order valence-electron chi connectivity index (χ0n) is 17.4. The van der Waals surface area contributed by atoms with E-state index in [4.69, 9.17) is 9.26 Å². The van der Waals surface area contributed by atoms with Crippen molar-refractivity contribution in [1.29, 1.82) is 0 Å². The molecule has 2 atom stereocenters. The molecule has 0 bridgehead atoms. The molecule has 1 amide bonds. The maximum atomic E-state index is 12.4. The average molecular weight is 415 g/mol. The third kappa shape index (κ3) is 4.04. The number of hydrogen-bond acceptors (Lipinski definition) is 6. The Labute approximate surface area is 175 Å². The van der Waals surface area contributed by atoms with Crippen molar-refractivity contribution in [2.75, 3.05) is 19.7 Å². The summed E-state index contributed by atoms with van der Waals surface area (Å²) in [5, 5.41) is 18.3. The molecule has 8 nitrogen and oxygen atoms in total. The first-order valence-electron chi connectivity index (χ1n) is 10.9. The lowest BCUT2D eigenvalue weighted by atomic mass is 9.75. The molecule has 1 aliphatic carbocycles. The summed E-state index contributed by atoms with van der Waals surface area (Å²) in [7, 11) is 0. The van der Waals surface area contributed by atoms with Crippen LogP contribution < -0.4 is 5.32 Å². The highest BCUT2D eigenvalue weighted by Gasteiger charge is 2.49. The van der Waals surface area contributed by atoms with Gasteiger partial charge in [0, 0.05) is 44.2 Å². The Hall–Kier alpha value is -2.16. The number of rotatable bonds is 5. The third-order valence-corrected chi connectivity index (χ3v) is 6.84. The van der Waals surface area contributed by atoms with Crippen LogP contribution in [-0.4, -0.2) is 63.0 Å². The molecule has 30 heavy (non-hydrogen) atoms. The second kappa shape index (κ2) is 7.51. The summed E-state index contributed by atoms with van der Waals surface area (Å²) in [6.45, 7) is 4.69. The summed E-state index contributed by atoms with van der Waals surface area (Å²) in [6, 6.07) is 5.15. The van der Waals surface area contributed by atoms with Gasteiger partial charge in [0.1, 0.15) is 11.5 Å². The number of aromatic nitrogens is 2. The van der Waals surface area contributed by atoms with Crippen LogP contribution in [0.1, 0.15) is 66.9 Å². The topological polar surface area (TPSA) is 104 Å². The van der Waals surface area contributed by atoms with Gasteiger partial charge in [0.15, 0.2) is 0 Å². The quantitative estimate of drug-likeness (QED) is 0.693. The number of piperidine rings is 1. The number of aliphatic hydroxyl groups is 1. The molecule has 1 spiro atoms. The Bertz CT molecular complexity index is 879. The fourth-order valence-corrected chi connectivity index (χ4v) is 4.80. The van der Waals surface area contributed by atoms with E-state index in [2.05, 4.69) is 26.4 Å². The smallest absolute Gasteiger partial charge is 0.268 e. The van der Waals surface area contributed by atoms with Gasteiger partial charge in [-0.3, -0.25) is 9.69 Å². The average Bonchev–Trinajstić information content (AvgIpc) is 3.22. The van der Waals surface area contributed by atoms with Gasteiger partial charge in [-0.15, -0.1) is 0 Å². The van der Waals surface area contributed by atoms with Crippen LogP contribution in [0.25, 0.3) is 0 Å². The van der Waals surface area contributed by atoms with E-state index in [-0.39, 0.29) is 11.5 Å². The number of nitrogens with one attached hydrogen (secondary N) is 2. The second-order valence-electron chi connectivity index (χ2n) is 9.41. The molecule has 1 saturated carbocycles. The van der Waals surface area contributed by atoms with Crippen LogP contribution in [0.5, 0.6) is 0 Å². The Morgan fingerprint density at radius 3 is 2.87 bits per heavy atom. The van der Waals surface area contributed by atoms with Crippen molar-refractivity contribution in [3.8, 4) is 0 Å². The van der Waals surface area contributed by atoms with E-state index >= 15 is 0 Å². The first-order valence-corrected chi connectivity index (χ1v) is 10.9. The highest BCUT2D eigenvalue weighted by Crippen LogP contribution is 2.41. The number of hydrogen-bond donors (Lipinski definition) is 3. The summed E-state index contributed by atoms with van der Waals surface area (Å²) in [5.41, 5.74) is 0.124. The van der Waals surface area contributed by atoms with Crippen molar-refractivity contribution in [3.05, 3.63) is 41.5 Å². The molecule has 0 aromatic carbocycles. The third-order valence-electron chi connectivity index (χ3n) is 6.84. The Kier molecular flexibility index (Phi) is 4.95. The van der Waals surface area contributed by atoms with Gasteiger partial charge in [-0.1, -0.05) is 5.16 Å². The first kappa shape index (κ1) is 19.8. The molecule has 2 aromatic heterocycles. The van der Waals surface area contributed by atoms with Crippen LogP contribution >= 0.6 is 0 Å². The van der Waals surface area contributed by atoms with Gasteiger partial charge in [0.2, 0.25) is 0 Å². The molecule has 0 radical (unpaired) electrons. The number of amides is 1. The summed E-state index contributed by atoms with van der Waals surface area (Å²) >= 11 is 0. The predicted octanol–water partition coefficient (Wildman–Crippen LogP) is 2.18. The molecule has 162 valence electrons. The molecule has 3 aliphatic rings. The van der Waals surface area contributed by atoms with E-state index in [1.807, 2.05) is 0 Å². The number of H-pyrrole nitrogens is 1. The van der Waals surface area contributed by atoms with Gasteiger partial charge in [-0.25, -0.2) is 0 Å². The highest BCUT2D eigenvalue weighted by atomic mass is 16.5. The predicted molar refractivity (Wildman–Crippen MR) is 109 cm³/mol. The van der Waals surface area contributed by atoms with Crippen LogP contribution in [0.2, 0.25) is 0 Å². The molecular formula is C22H30N4O4. The summed E-state index contributed by atoms with van der Waals surface area (Å²) < 4.78 is 11.7. The van der Waals surface area contributed by atoms with Gasteiger partial charge in [0.05, 0.1) is 29.5 Å². The Balaban J connectivity index is 1.15. The van der Waals surface area contributed by atoms with Gasteiger partial charge in [-0.05, 0) is 44.7 Å². The molecule has 8 heteroatoms. The van der Waals surface area contributed by atoms with Crippen LogP contribution in [-0.2, 0) is 11.3 Å². The number of carbonyl (C=O) groups excluding carboxylic acids is 1. The molecule has 0 unspecified atom stereocenters. The van der Waals surface area contributed by atoms with Gasteiger partial charge < -0.3 is 24.7 Å². The van der Waals surface area contributed by atoms with Crippen LogP contribution in [0, 0.1) is 0 Å². The molecule has 2 saturated heterocycles. The lowest BCUT2D eigenvalue weighted by molar-refractivity contribution is -0.186. The molecule has 2 aromatic rings. The van der Waals surface area contributed by atoms with E-state index in [0.717, 1.165) is 43.9 Å². The minimum absolute atomic E-state index is 0.224. The standard InChI is InChI=1S/C22H30N4O4/c1-21(28)14-22(29-13-19(21)24-20(27)17-3-2-8-23-17)6-9-26(10-7-22)12-16-11-18(30-25-16)15-4-5-15/h2-3,8,11,15,19,23,28H,4-7,9-10,12-14H2,1H3,(H,24,27)/t19-,21-/m0/s1. The summed E-state index contributed by atoms with van der Waals surface area (Å²) in [4.78, 5) is 17.6. The van der Waals surface area contributed by atoms with E-state index in [9.17, 15) is 9.90 Å². The monoisotopic (exact) mass is 414 g/mol. The minimum Gasteiger partial charge on any atom is -0.388 e. The van der Waals surface area contributed by atoms with Gasteiger partial charge in [0.25, 0.3) is 5.91 Å². The van der Waals surface area contributed by atoms with Crippen LogP contribution in [0.4, 0.5) is 0 Å². The maximum Gasteiger partial charge on any atom is 0.268 e. The molecule has 3 fully saturated rings. The van der Waals surface area contributed by atoms with Crippen molar-refractivity contribution in [2.24, 2.45) is 0 Å². The molecule has 5 rings (SSSR count). The number of aromatic amines is 1. The van der Waals surface area contributed by atoms with Crippen molar-refractivity contribution in [2.45, 2.75) is 68.7 Å². The Morgan fingerprint density at radius 2 is 2.20 bits per heavy atom. The highest BCUT2D eigenvalue weighted by molar-refractivity contribution is 5.92. The van der Waals surface area contributed by atoms with E-state index in [1.165, 1.54) is 12.8 Å². The second-order valence-corrected chi connectivity index (χ2v) is 9.41. The summed E-state index contributed by atoms with van der Waals surface area (Å²) in [5.74, 6) is 1.38. The zero-order chi connectivity index (χ0) is 20.8. The molecule has 2 aliphatic heterocycles. The van der Waals surface area contributed by atoms with Gasteiger partial charge in [-0.2, -0.15) is 0 Å². The van der Waals surface area contributed by atoms with Crippen LogP contribution in [0.15, 0.2) is 28.9 Å². The lowest BCUT2D eigenvalue weighted by Crippen LogP contribution is -2.63. The molecular weight excluding hydrogens is 384 g/mol.